The second-order valence-corrected chi connectivity index (χ2v) is 5.71. The average Bonchev–Trinajstić information content (AvgIpc) is 2.92. The fourth-order valence-electron chi connectivity index (χ4n) is 2.12. The standard InChI is InChI=1S/C13H13ClN4O3S/c1-7(19)21-8-3-4-9(20-5-8)18-6-15-10-11(14)16-13(22-2)17-12(10)18/h3-4,6,8-9H,5H2,1-2H3/t8-,9-/m0/s1. The zero-order valence-electron chi connectivity index (χ0n) is 11.9. The van der Waals surface area contributed by atoms with Crippen molar-refractivity contribution < 1.29 is 14.3 Å². The molecule has 2 aromatic heterocycles. The van der Waals surface area contributed by atoms with E-state index >= 15 is 0 Å². The quantitative estimate of drug-likeness (QED) is 0.278. The maximum absolute atomic E-state index is 10.9. The minimum absolute atomic E-state index is 0.272. The van der Waals surface area contributed by atoms with Gasteiger partial charge < -0.3 is 9.47 Å². The third-order valence-corrected chi connectivity index (χ3v) is 3.87. The van der Waals surface area contributed by atoms with Crippen LogP contribution in [-0.2, 0) is 14.3 Å². The van der Waals surface area contributed by atoms with E-state index in [1.807, 2.05) is 6.26 Å². The second-order valence-electron chi connectivity index (χ2n) is 4.58. The third-order valence-electron chi connectivity index (χ3n) is 3.05. The summed E-state index contributed by atoms with van der Waals surface area (Å²) in [6.45, 7) is 1.64. The van der Waals surface area contributed by atoms with Gasteiger partial charge in [0.25, 0.3) is 0 Å². The van der Waals surface area contributed by atoms with Gasteiger partial charge in [0.1, 0.15) is 11.6 Å². The Morgan fingerprint density at radius 1 is 1.50 bits per heavy atom. The molecule has 3 rings (SSSR count). The molecule has 0 aliphatic carbocycles. The van der Waals surface area contributed by atoms with Crippen LogP contribution in [0.25, 0.3) is 11.2 Å². The van der Waals surface area contributed by atoms with Crippen LogP contribution in [0.4, 0.5) is 0 Å². The number of halogens is 1. The first-order valence-corrected chi connectivity index (χ1v) is 8.10. The number of hydrogen-bond donors (Lipinski definition) is 0. The van der Waals surface area contributed by atoms with E-state index in [1.165, 1.54) is 18.7 Å². The largest absolute Gasteiger partial charge is 0.456 e. The molecule has 1 aliphatic rings. The topological polar surface area (TPSA) is 79.1 Å². The first kappa shape index (κ1) is 15.3. The molecule has 0 bridgehead atoms. The molecule has 1 aliphatic heterocycles. The van der Waals surface area contributed by atoms with Gasteiger partial charge in [-0.2, -0.15) is 0 Å². The molecule has 0 spiro atoms. The van der Waals surface area contributed by atoms with Gasteiger partial charge >= 0.3 is 5.97 Å². The number of fused-ring (bicyclic) bond motifs is 1. The molecular formula is C13H13ClN4O3S. The van der Waals surface area contributed by atoms with E-state index in [0.717, 1.165) is 0 Å². The Balaban J connectivity index is 1.91. The van der Waals surface area contributed by atoms with E-state index in [4.69, 9.17) is 21.1 Å². The Morgan fingerprint density at radius 3 is 2.95 bits per heavy atom. The number of ether oxygens (including phenoxy) is 2. The number of hydrogen-bond acceptors (Lipinski definition) is 7. The van der Waals surface area contributed by atoms with Crippen LogP contribution in [-0.4, -0.2) is 44.5 Å². The summed E-state index contributed by atoms with van der Waals surface area (Å²) in [4.78, 5) is 23.8. The Kier molecular flexibility index (Phi) is 4.32. The third kappa shape index (κ3) is 2.94. The van der Waals surface area contributed by atoms with Crippen LogP contribution in [0.5, 0.6) is 0 Å². The van der Waals surface area contributed by atoms with E-state index < -0.39 is 0 Å². The van der Waals surface area contributed by atoms with Gasteiger partial charge in [0.05, 0.1) is 12.9 Å². The van der Waals surface area contributed by atoms with E-state index in [0.29, 0.717) is 21.5 Å². The van der Waals surface area contributed by atoms with Crippen LogP contribution >= 0.6 is 23.4 Å². The van der Waals surface area contributed by atoms with Crippen molar-refractivity contribution in [2.75, 3.05) is 12.9 Å². The molecule has 9 heteroatoms. The SMILES string of the molecule is CSc1nc(Cl)c2ncn([C@@H]3C=C[C@H](OC(C)=O)CO3)c2n1. The number of thioether (sulfide) groups is 1. The van der Waals surface area contributed by atoms with Crippen LogP contribution in [0.2, 0.25) is 5.15 Å². The lowest BCUT2D eigenvalue weighted by Crippen LogP contribution is -2.27. The van der Waals surface area contributed by atoms with E-state index in [1.54, 1.807) is 23.0 Å². The van der Waals surface area contributed by atoms with Gasteiger partial charge in [0.15, 0.2) is 22.2 Å². The molecular weight excluding hydrogens is 328 g/mol. The van der Waals surface area contributed by atoms with Crippen molar-refractivity contribution in [1.29, 1.82) is 0 Å². The van der Waals surface area contributed by atoms with Crippen molar-refractivity contribution in [3.05, 3.63) is 23.6 Å². The van der Waals surface area contributed by atoms with Gasteiger partial charge in [-0.3, -0.25) is 9.36 Å². The van der Waals surface area contributed by atoms with Gasteiger partial charge in [0, 0.05) is 6.92 Å². The van der Waals surface area contributed by atoms with Crippen LogP contribution in [0, 0.1) is 0 Å². The van der Waals surface area contributed by atoms with Crippen molar-refractivity contribution in [2.24, 2.45) is 0 Å². The van der Waals surface area contributed by atoms with Crippen LogP contribution in [0.3, 0.4) is 0 Å². The van der Waals surface area contributed by atoms with E-state index in [9.17, 15) is 4.79 Å². The fourth-order valence-corrected chi connectivity index (χ4v) is 2.75. The van der Waals surface area contributed by atoms with E-state index in [-0.39, 0.29) is 24.9 Å². The zero-order valence-corrected chi connectivity index (χ0v) is 13.5. The predicted molar refractivity (Wildman–Crippen MR) is 81.8 cm³/mol. The van der Waals surface area contributed by atoms with Gasteiger partial charge in [-0.25, -0.2) is 15.0 Å². The number of esters is 1. The fraction of sp³-hybridized carbons (Fsp3) is 0.385. The Hall–Kier alpha value is -1.64. The monoisotopic (exact) mass is 340 g/mol. The first-order chi connectivity index (χ1) is 10.6. The molecule has 0 amide bonds. The summed E-state index contributed by atoms with van der Waals surface area (Å²) in [7, 11) is 0. The molecule has 2 aromatic rings. The minimum Gasteiger partial charge on any atom is -0.456 e. The number of nitrogens with zero attached hydrogens (tertiary/aromatic N) is 4. The number of carbonyl (C=O) groups is 1. The molecule has 116 valence electrons. The van der Waals surface area contributed by atoms with Crippen LogP contribution in [0.15, 0.2) is 23.6 Å². The Labute approximate surface area is 135 Å². The Morgan fingerprint density at radius 2 is 2.32 bits per heavy atom. The van der Waals surface area contributed by atoms with Crippen molar-refractivity contribution in [3.8, 4) is 0 Å². The maximum atomic E-state index is 10.9. The van der Waals surface area contributed by atoms with Gasteiger partial charge in [-0.15, -0.1) is 0 Å². The number of rotatable bonds is 3. The van der Waals surface area contributed by atoms with E-state index in [2.05, 4.69) is 15.0 Å². The molecule has 0 fully saturated rings. The van der Waals surface area contributed by atoms with Crippen molar-refractivity contribution in [1.82, 2.24) is 19.5 Å². The maximum Gasteiger partial charge on any atom is 0.303 e. The normalized spacial score (nSPS) is 21.2. The predicted octanol–water partition coefficient (Wildman–Crippen LogP) is 2.22. The van der Waals surface area contributed by atoms with Crippen molar-refractivity contribution >= 4 is 40.5 Å². The molecule has 3 heterocycles. The lowest BCUT2D eigenvalue weighted by molar-refractivity contribution is -0.149. The lowest BCUT2D eigenvalue weighted by Gasteiger charge is -2.24. The van der Waals surface area contributed by atoms with Crippen LogP contribution < -0.4 is 0 Å². The van der Waals surface area contributed by atoms with Gasteiger partial charge in [-0.1, -0.05) is 23.4 Å². The van der Waals surface area contributed by atoms with Crippen LogP contribution in [0.1, 0.15) is 13.2 Å². The molecule has 0 aromatic carbocycles. The first-order valence-electron chi connectivity index (χ1n) is 6.49. The summed E-state index contributed by atoms with van der Waals surface area (Å²) in [6, 6.07) is 0. The highest BCUT2D eigenvalue weighted by molar-refractivity contribution is 7.98. The van der Waals surface area contributed by atoms with Crippen molar-refractivity contribution in [2.45, 2.75) is 24.4 Å². The summed E-state index contributed by atoms with van der Waals surface area (Å²) < 4.78 is 12.5. The minimum atomic E-state index is -0.377. The highest BCUT2D eigenvalue weighted by atomic mass is 35.5. The zero-order chi connectivity index (χ0) is 15.7. The highest BCUT2D eigenvalue weighted by Gasteiger charge is 2.22. The molecule has 0 saturated carbocycles. The molecule has 2 atom stereocenters. The average molecular weight is 341 g/mol. The van der Waals surface area contributed by atoms with Crippen molar-refractivity contribution in [3.63, 3.8) is 0 Å². The molecule has 0 N–H and O–H groups in total. The summed E-state index contributed by atoms with van der Waals surface area (Å²) in [6.07, 6.45) is 6.32. The smallest absolute Gasteiger partial charge is 0.303 e. The molecule has 22 heavy (non-hydrogen) atoms. The lowest BCUT2D eigenvalue weighted by atomic mass is 10.2. The van der Waals surface area contributed by atoms with Gasteiger partial charge in [-0.05, 0) is 18.4 Å². The summed E-state index contributed by atoms with van der Waals surface area (Å²) in [5.74, 6) is -0.339. The van der Waals surface area contributed by atoms with Gasteiger partial charge in [0.2, 0.25) is 0 Å². The molecule has 0 unspecified atom stereocenters. The summed E-state index contributed by atoms with van der Waals surface area (Å²) in [5.41, 5.74) is 1.13. The summed E-state index contributed by atoms with van der Waals surface area (Å²) in [5, 5.41) is 0.877. The number of aromatic nitrogens is 4. The number of carbonyl (C=O) groups excluding carboxylic acids is 1. The highest BCUT2D eigenvalue weighted by Crippen LogP contribution is 2.26. The Bertz CT molecular complexity index is 748. The molecule has 7 nitrogen and oxygen atoms in total. The molecule has 0 radical (unpaired) electrons. The number of imidazole rings is 1. The summed E-state index contributed by atoms with van der Waals surface area (Å²) >= 11 is 7.52. The second kappa shape index (κ2) is 6.23. The molecule has 0 saturated heterocycles.